The highest BCUT2D eigenvalue weighted by molar-refractivity contribution is 7.89. The molecule has 0 heterocycles. The molecule has 1 aliphatic rings. The van der Waals surface area contributed by atoms with E-state index in [0.717, 1.165) is 30.4 Å². The minimum atomic E-state index is -3.81. The highest BCUT2D eigenvalue weighted by Gasteiger charge is 2.34. The van der Waals surface area contributed by atoms with Crippen LogP contribution in [0, 0.1) is 11.5 Å². The molecule has 0 spiro atoms. The molecule has 0 amide bonds. The quantitative estimate of drug-likeness (QED) is 0.158. The zero-order valence-electron chi connectivity index (χ0n) is 18.3. The van der Waals surface area contributed by atoms with E-state index in [1.807, 2.05) is 25.2 Å². The first-order chi connectivity index (χ1) is 15.4. The number of benzene rings is 2. The number of sulfonamides is 1. The van der Waals surface area contributed by atoms with Gasteiger partial charge in [0.25, 0.3) is 0 Å². The Morgan fingerprint density at radius 2 is 2.00 bits per heavy atom. The number of guanidine groups is 1. The number of aliphatic hydroxyl groups is 1. The maximum Gasteiger partial charge on any atom is 0.241 e. The highest BCUT2D eigenvalue weighted by atomic mass is 32.2. The van der Waals surface area contributed by atoms with E-state index in [0.29, 0.717) is 30.2 Å². The minimum absolute atomic E-state index is 0. The Morgan fingerprint density at radius 1 is 1.25 bits per heavy atom. The summed E-state index contributed by atoms with van der Waals surface area (Å²) in [5.74, 6) is 0.326. The molecule has 2 aromatic rings. The highest BCUT2D eigenvalue weighted by Crippen LogP contribution is 2.34. The molecular weight excluding hydrogens is 426 g/mol. The SMILES string of the molecule is CCCCN=C(NC#N)Nc1ccc2c(c1)[C@@H](NS(=O)(=O)c1ccc(CC)cc1)[C@H](O)C2.[HH].[HH]. The number of fused-ring (bicyclic) bond motifs is 1. The summed E-state index contributed by atoms with van der Waals surface area (Å²) in [6.07, 6.45) is 4.05. The Kier molecular flexibility index (Phi) is 7.85. The van der Waals surface area contributed by atoms with Crippen LogP contribution in [0.3, 0.4) is 0 Å². The second-order valence-corrected chi connectivity index (χ2v) is 9.44. The molecule has 0 saturated carbocycles. The van der Waals surface area contributed by atoms with E-state index in [4.69, 9.17) is 5.26 Å². The lowest BCUT2D eigenvalue weighted by atomic mass is 10.1. The van der Waals surface area contributed by atoms with Crippen molar-refractivity contribution in [1.82, 2.24) is 10.0 Å². The maximum atomic E-state index is 12.9. The van der Waals surface area contributed by atoms with Gasteiger partial charge in [0.1, 0.15) is 0 Å². The topological polar surface area (TPSA) is 127 Å². The van der Waals surface area contributed by atoms with Crippen molar-refractivity contribution >= 4 is 21.7 Å². The van der Waals surface area contributed by atoms with Crippen LogP contribution in [0.5, 0.6) is 0 Å². The molecule has 0 saturated heterocycles. The Hall–Kier alpha value is -2.93. The van der Waals surface area contributed by atoms with Crippen LogP contribution in [0.2, 0.25) is 0 Å². The molecule has 0 aliphatic heterocycles. The maximum absolute atomic E-state index is 12.9. The van der Waals surface area contributed by atoms with Crippen LogP contribution in [-0.4, -0.2) is 32.1 Å². The molecule has 174 valence electrons. The summed E-state index contributed by atoms with van der Waals surface area (Å²) in [5.41, 5.74) is 3.26. The number of nitrogens with zero attached hydrogens (tertiary/aromatic N) is 2. The number of hydrogen-bond donors (Lipinski definition) is 4. The van der Waals surface area contributed by atoms with E-state index in [1.165, 1.54) is 0 Å². The van der Waals surface area contributed by atoms with Gasteiger partial charge in [-0.25, -0.2) is 13.1 Å². The second-order valence-electron chi connectivity index (χ2n) is 7.73. The fourth-order valence-corrected chi connectivity index (χ4v) is 4.88. The Bertz CT molecular complexity index is 1120. The molecule has 9 heteroatoms. The van der Waals surface area contributed by atoms with Crippen molar-refractivity contribution in [3.63, 3.8) is 0 Å². The van der Waals surface area contributed by atoms with E-state index < -0.39 is 22.2 Å². The molecule has 4 N–H and O–H groups in total. The van der Waals surface area contributed by atoms with Crippen molar-refractivity contribution in [1.29, 1.82) is 5.26 Å². The summed E-state index contributed by atoms with van der Waals surface area (Å²) in [6, 6.07) is 11.4. The summed E-state index contributed by atoms with van der Waals surface area (Å²) in [5, 5.41) is 25.2. The number of aryl methyl sites for hydroxylation is 1. The number of unbranched alkanes of at least 4 members (excludes halogenated alkanes) is 1. The lowest BCUT2D eigenvalue weighted by Gasteiger charge is -2.19. The van der Waals surface area contributed by atoms with Gasteiger partial charge in [0.15, 0.2) is 6.19 Å². The van der Waals surface area contributed by atoms with Gasteiger partial charge in [-0.05, 0) is 53.8 Å². The van der Waals surface area contributed by atoms with Crippen LogP contribution in [0.15, 0.2) is 52.4 Å². The van der Waals surface area contributed by atoms with Gasteiger partial charge in [0.05, 0.1) is 17.0 Å². The van der Waals surface area contributed by atoms with E-state index >= 15 is 0 Å². The number of rotatable bonds is 8. The molecule has 8 nitrogen and oxygen atoms in total. The van der Waals surface area contributed by atoms with Crippen molar-refractivity contribution in [3.05, 3.63) is 59.2 Å². The lowest BCUT2D eigenvalue weighted by Crippen LogP contribution is -2.34. The smallest absolute Gasteiger partial charge is 0.241 e. The van der Waals surface area contributed by atoms with Gasteiger partial charge in [0.2, 0.25) is 16.0 Å². The van der Waals surface area contributed by atoms with Crippen LogP contribution in [-0.2, 0) is 22.9 Å². The Labute approximate surface area is 192 Å². The molecule has 2 atom stereocenters. The number of nitrogens with one attached hydrogen (secondary N) is 3. The van der Waals surface area contributed by atoms with Crippen molar-refractivity contribution in [2.24, 2.45) is 4.99 Å². The summed E-state index contributed by atoms with van der Waals surface area (Å²) >= 11 is 0. The first kappa shape index (κ1) is 23.7. The Balaban J connectivity index is 0.00000289. The van der Waals surface area contributed by atoms with Gasteiger partial charge in [-0.1, -0.05) is 38.5 Å². The molecule has 0 unspecified atom stereocenters. The number of aliphatic hydroxyl groups excluding tert-OH is 1. The summed E-state index contributed by atoms with van der Waals surface area (Å²) in [6.45, 7) is 4.65. The number of anilines is 1. The fourth-order valence-electron chi connectivity index (χ4n) is 3.63. The van der Waals surface area contributed by atoms with Crippen molar-refractivity contribution < 1.29 is 16.4 Å². The predicted molar refractivity (Wildman–Crippen MR) is 129 cm³/mol. The first-order valence-corrected chi connectivity index (χ1v) is 12.2. The standard InChI is InChI=1S/C23H29N5O3S.2H2/c1-3-5-12-25-23(26-15-24)27-18-9-8-17-13-21(29)22(20(17)14-18)28-32(30,31)19-10-6-16(4-2)7-11-19;;/h6-11,14,21-22,28-29H,3-5,12-13H2,1-2H3,(H2,25,26,27);2*1H/t21-,22-;;/m1../s1. The van der Waals surface area contributed by atoms with Crippen LogP contribution >= 0.6 is 0 Å². The van der Waals surface area contributed by atoms with Gasteiger partial charge in [-0.3, -0.25) is 10.3 Å². The monoisotopic (exact) mass is 459 g/mol. The van der Waals surface area contributed by atoms with E-state index in [2.05, 4.69) is 27.3 Å². The largest absolute Gasteiger partial charge is 0.391 e. The van der Waals surface area contributed by atoms with Crippen molar-refractivity contribution in [2.75, 3.05) is 11.9 Å². The molecule has 0 fully saturated rings. The van der Waals surface area contributed by atoms with Gasteiger partial charge in [-0.15, -0.1) is 0 Å². The molecule has 0 radical (unpaired) electrons. The summed E-state index contributed by atoms with van der Waals surface area (Å²) in [7, 11) is -3.81. The molecule has 0 bridgehead atoms. The van der Waals surface area contributed by atoms with Crippen LogP contribution in [0.1, 0.15) is 52.3 Å². The third kappa shape index (κ3) is 5.65. The zero-order valence-corrected chi connectivity index (χ0v) is 19.1. The predicted octanol–water partition coefficient (Wildman–Crippen LogP) is 3.32. The van der Waals surface area contributed by atoms with E-state index in [-0.39, 0.29) is 7.75 Å². The second kappa shape index (κ2) is 10.6. The zero-order chi connectivity index (χ0) is 23.1. The van der Waals surface area contributed by atoms with Crippen LogP contribution in [0.4, 0.5) is 5.69 Å². The van der Waals surface area contributed by atoms with Gasteiger partial charge < -0.3 is 10.4 Å². The number of aliphatic imine (C=N–C) groups is 1. The first-order valence-electron chi connectivity index (χ1n) is 10.8. The summed E-state index contributed by atoms with van der Waals surface area (Å²) in [4.78, 5) is 4.51. The molecule has 3 rings (SSSR count). The van der Waals surface area contributed by atoms with Crippen molar-refractivity contribution in [2.45, 2.75) is 56.6 Å². The summed E-state index contributed by atoms with van der Waals surface area (Å²) < 4.78 is 28.5. The Morgan fingerprint density at radius 3 is 2.66 bits per heavy atom. The van der Waals surface area contributed by atoms with Crippen molar-refractivity contribution in [3.8, 4) is 6.19 Å². The van der Waals surface area contributed by atoms with Gasteiger partial charge >= 0.3 is 0 Å². The van der Waals surface area contributed by atoms with E-state index in [9.17, 15) is 13.5 Å². The number of nitriles is 1. The number of hydrogen-bond acceptors (Lipinski definition) is 5. The lowest BCUT2D eigenvalue weighted by molar-refractivity contribution is 0.151. The average molecular weight is 460 g/mol. The molecule has 32 heavy (non-hydrogen) atoms. The molecule has 1 aliphatic carbocycles. The average Bonchev–Trinajstić information content (AvgIpc) is 3.08. The third-order valence-electron chi connectivity index (χ3n) is 5.44. The molecule has 0 aromatic heterocycles. The fraction of sp³-hybridized carbons (Fsp3) is 0.391. The van der Waals surface area contributed by atoms with Crippen LogP contribution in [0.25, 0.3) is 0 Å². The molecular formula is C23H33N5O3S. The third-order valence-corrected chi connectivity index (χ3v) is 6.89. The van der Waals surface area contributed by atoms with Crippen LogP contribution < -0.4 is 15.4 Å². The van der Waals surface area contributed by atoms with E-state index in [1.54, 1.807) is 30.3 Å². The van der Waals surface area contributed by atoms with Gasteiger partial charge in [0, 0.05) is 21.5 Å². The molecule has 2 aromatic carbocycles. The van der Waals surface area contributed by atoms with Gasteiger partial charge in [-0.2, -0.15) is 5.26 Å². The minimum Gasteiger partial charge on any atom is -0.391 e. The normalized spacial score (nSPS) is 18.1.